The average Bonchev–Trinajstić information content (AvgIpc) is 2.68. The highest BCUT2D eigenvalue weighted by molar-refractivity contribution is 5.79. The van der Waals surface area contributed by atoms with Crippen molar-refractivity contribution >= 4 is 16.7 Å². The summed E-state index contributed by atoms with van der Waals surface area (Å²) in [6.07, 6.45) is 0. The number of fused-ring (bicyclic) bond motifs is 1. The van der Waals surface area contributed by atoms with Crippen LogP contribution in [0.4, 0.5) is 5.69 Å². The molecule has 0 saturated heterocycles. The summed E-state index contributed by atoms with van der Waals surface area (Å²) in [4.78, 5) is 9.92. The second-order valence-corrected chi connectivity index (χ2v) is 4.30. The third-order valence-corrected chi connectivity index (χ3v) is 2.90. The Morgan fingerprint density at radius 2 is 2.24 bits per heavy atom. The number of aromatic nitrogens is 2. The molecular formula is C13H20N4. The third kappa shape index (κ3) is 2.77. The molecule has 92 valence electrons. The van der Waals surface area contributed by atoms with Gasteiger partial charge >= 0.3 is 0 Å². The molecule has 0 bridgehead atoms. The number of benzene rings is 1. The van der Waals surface area contributed by atoms with E-state index in [9.17, 15) is 0 Å². The molecule has 17 heavy (non-hydrogen) atoms. The van der Waals surface area contributed by atoms with Crippen molar-refractivity contribution in [2.75, 3.05) is 31.6 Å². The number of hydrogen-bond acceptors (Lipinski definition) is 3. The molecule has 2 aromatic rings. The number of likely N-dealkylation sites (N-methyl/N-ethyl adjacent to an activating group) is 2. The van der Waals surface area contributed by atoms with Crippen molar-refractivity contribution in [2.24, 2.45) is 0 Å². The molecule has 0 radical (unpaired) electrons. The number of nitrogens with one attached hydrogen (secondary N) is 2. The zero-order valence-electron chi connectivity index (χ0n) is 10.7. The van der Waals surface area contributed by atoms with E-state index in [1.807, 2.05) is 6.92 Å². The SMILES string of the molecule is CCNCCN(C)c1ccc2nc(C)[nH]c2c1. The van der Waals surface area contributed by atoms with E-state index in [1.54, 1.807) is 0 Å². The average molecular weight is 232 g/mol. The Bertz CT molecular complexity index is 489. The molecule has 0 aliphatic rings. The minimum absolute atomic E-state index is 0.965. The highest BCUT2D eigenvalue weighted by atomic mass is 15.1. The summed E-state index contributed by atoms with van der Waals surface area (Å²) in [5.41, 5.74) is 3.36. The third-order valence-electron chi connectivity index (χ3n) is 2.90. The van der Waals surface area contributed by atoms with Gasteiger partial charge in [0.2, 0.25) is 0 Å². The number of imidazole rings is 1. The van der Waals surface area contributed by atoms with Crippen molar-refractivity contribution in [3.8, 4) is 0 Å². The lowest BCUT2D eigenvalue weighted by Gasteiger charge is -2.19. The van der Waals surface area contributed by atoms with E-state index < -0.39 is 0 Å². The second-order valence-electron chi connectivity index (χ2n) is 4.30. The van der Waals surface area contributed by atoms with Gasteiger partial charge in [-0.3, -0.25) is 0 Å². The van der Waals surface area contributed by atoms with E-state index in [-0.39, 0.29) is 0 Å². The van der Waals surface area contributed by atoms with Gasteiger partial charge in [0, 0.05) is 25.8 Å². The van der Waals surface area contributed by atoms with Gasteiger partial charge in [-0.2, -0.15) is 0 Å². The summed E-state index contributed by atoms with van der Waals surface area (Å²) in [6.45, 7) is 7.14. The van der Waals surface area contributed by atoms with Crippen molar-refractivity contribution < 1.29 is 0 Å². The number of nitrogens with zero attached hydrogens (tertiary/aromatic N) is 2. The first-order valence-corrected chi connectivity index (χ1v) is 6.09. The molecule has 1 heterocycles. The van der Waals surface area contributed by atoms with E-state index in [4.69, 9.17) is 0 Å². The van der Waals surface area contributed by atoms with Gasteiger partial charge in [0.15, 0.2) is 0 Å². The predicted molar refractivity (Wildman–Crippen MR) is 72.6 cm³/mol. The van der Waals surface area contributed by atoms with Crippen molar-refractivity contribution in [2.45, 2.75) is 13.8 Å². The molecule has 2 N–H and O–H groups in total. The van der Waals surface area contributed by atoms with Crippen LogP contribution in [0, 0.1) is 6.92 Å². The van der Waals surface area contributed by atoms with E-state index in [0.29, 0.717) is 0 Å². The topological polar surface area (TPSA) is 44.0 Å². The molecule has 1 aromatic carbocycles. The van der Waals surface area contributed by atoms with Gasteiger partial charge in [-0.1, -0.05) is 6.92 Å². The Morgan fingerprint density at radius 1 is 1.41 bits per heavy atom. The Morgan fingerprint density at radius 3 is 3.00 bits per heavy atom. The van der Waals surface area contributed by atoms with Crippen molar-refractivity contribution in [1.82, 2.24) is 15.3 Å². The number of anilines is 1. The van der Waals surface area contributed by atoms with Gasteiger partial charge in [0.05, 0.1) is 11.0 Å². The molecule has 0 aliphatic heterocycles. The molecule has 4 nitrogen and oxygen atoms in total. The molecule has 0 amide bonds. The summed E-state index contributed by atoms with van der Waals surface area (Å²) >= 11 is 0. The fourth-order valence-electron chi connectivity index (χ4n) is 1.92. The predicted octanol–water partition coefficient (Wildman–Crippen LogP) is 1.92. The smallest absolute Gasteiger partial charge is 0.104 e. The van der Waals surface area contributed by atoms with Crippen LogP contribution in [0.25, 0.3) is 11.0 Å². The lowest BCUT2D eigenvalue weighted by molar-refractivity contribution is 0.706. The van der Waals surface area contributed by atoms with Gasteiger partial charge < -0.3 is 15.2 Å². The number of H-pyrrole nitrogens is 1. The Labute approximate surface area is 102 Å². The minimum atomic E-state index is 0.965. The molecular weight excluding hydrogens is 212 g/mol. The molecule has 0 aliphatic carbocycles. The summed E-state index contributed by atoms with van der Waals surface area (Å²) in [5.74, 6) is 0.965. The number of aryl methyl sites for hydroxylation is 1. The molecule has 0 spiro atoms. The van der Waals surface area contributed by atoms with E-state index in [0.717, 1.165) is 36.5 Å². The number of aromatic amines is 1. The highest BCUT2D eigenvalue weighted by Gasteiger charge is 2.04. The standard InChI is InChI=1S/C13H20N4/c1-4-14-7-8-17(3)11-5-6-12-13(9-11)16-10(2)15-12/h5-6,9,14H,4,7-8H2,1-3H3,(H,15,16). The lowest BCUT2D eigenvalue weighted by atomic mass is 10.2. The van der Waals surface area contributed by atoms with Crippen LogP contribution in [-0.4, -0.2) is 36.6 Å². The lowest BCUT2D eigenvalue weighted by Crippen LogP contribution is -2.28. The van der Waals surface area contributed by atoms with Crippen molar-refractivity contribution in [3.63, 3.8) is 0 Å². The molecule has 0 atom stereocenters. The van der Waals surface area contributed by atoms with Gasteiger partial charge in [0.1, 0.15) is 5.82 Å². The first-order chi connectivity index (χ1) is 8.20. The summed E-state index contributed by atoms with van der Waals surface area (Å²) in [6, 6.07) is 6.34. The van der Waals surface area contributed by atoms with E-state index >= 15 is 0 Å². The molecule has 0 saturated carbocycles. The van der Waals surface area contributed by atoms with Gasteiger partial charge in [0.25, 0.3) is 0 Å². The fraction of sp³-hybridized carbons (Fsp3) is 0.462. The Hall–Kier alpha value is -1.55. The zero-order valence-corrected chi connectivity index (χ0v) is 10.7. The first kappa shape index (κ1) is 11.9. The van der Waals surface area contributed by atoms with Crippen LogP contribution >= 0.6 is 0 Å². The zero-order chi connectivity index (χ0) is 12.3. The summed E-state index contributed by atoms with van der Waals surface area (Å²) < 4.78 is 0. The van der Waals surface area contributed by atoms with Crippen LogP contribution in [0.5, 0.6) is 0 Å². The Kier molecular flexibility index (Phi) is 3.64. The van der Waals surface area contributed by atoms with Crippen LogP contribution in [0.15, 0.2) is 18.2 Å². The fourth-order valence-corrected chi connectivity index (χ4v) is 1.92. The monoisotopic (exact) mass is 232 g/mol. The van der Waals surface area contributed by atoms with Gasteiger partial charge in [-0.15, -0.1) is 0 Å². The van der Waals surface area contributed by atoms with Gasteiger partial charge in [-0.05, 0) is 31.7 Å². The van der Waals surface area contributed by atoms with Crippen LogP contribution in [-0.2, 0) is 0 Å². The normalized spacial score (nSPS) is 11.0. The number of rotatable bonds is 5. The highest BCUT2D eigenvalue weighted by Crippen LogP contribution is 2.19. The maximum absolute atomic E-state index is 4.40. The summed E-state index contributed by atoms with van der Waals surface area (Å²) in [5, 5.41) is 3.33. The van der Waals surface area contributed by atoms with E-state index in [1.165, 1.54) is 5.69 Å². The minimum Gasteiger partial charge on any atom is -0.373 e. The van der Waals surface area contributed by atoms with Gasteiger partial charge in [-0.25, -0.2) is 4.98 Å². The molecule has 2 rings (SSSR count). The Balaban J connectivity index is 2.12. The molecule has 0 unspecified atom stereocenters. The van der Waals surface area contributed by atoms with Crippen LogP contribution in [0.2, 0.25) is 0 Å². The second kappa shape index (κ2) is 5.19. The first-order valence-electron chi connectivity index (χ1n) is 6.09. The van der Waals surface area contributed by atoms with E-state index in [2.05, 4.69) is 52.4 Å². The molecule has 4 heteroatoms. The molecule has 0 fully saturated rings. The quantitative estimate of drug-likeness (QED) is 0.774. The molecule has 1 aromatic heterocycles. The maximum Gasteiger partial charge on any atom is 0.104 e. The van der Waals surface area contributed by atoms with Crippen molar-refractivity contribution in [3.05, 3.63) is 24.0 Å². The summed E-state index contributed by atoms with van der Waals surface area (Å²) in [7, 11) is 2.11. The number of hydrogen-bond donors (Lipinski definition) is 2. The largest absolute Gasteiger partial charge is 0.373 e. The van der Waals surface area contributed by atoms with Crippen LogP contribution in [0.3, 0.4) is 0 Å². The van der Waals surface area contributed by atoms with Crippen LogP contribution in [0.1, 0.15) is 12.7 Å². The van der Waals surface area contributed by atoms with Crippen LogP contribution < -0.4 is 10.2 Å². The van der Waals surface area contributed by atoms with Crippen molar-refractivity contribution in [1.29, 1.82) is 0 Å². The maximum atomic E-state index is 4.40.